The van der Waals surface area contributed by atoms with E-state index in [-0.39, 0.29) is 28.0 Å². The number of rotatable bonds is 0. The molecule has 2 N–H and O–H groups in total. The third kappa shape index (κ3) is 1.56. The van der Waals surface area contributed by atoms with E-state index >= 15 is 0 Å². The van der Waals surface area contributed by atoms with Crippen molar-refractivity contribution in [1.82, 2.24) is 0 Å². The summed E-state index contributed by atoms with van der Waals surface area (Å²) in [6.07, 6.45) is -0.328. The fraction of sp³-hybridized carbons (Fsp3) is 0.300. The molecule has 1 aliphatic rings. The first-order valence-electron chi connectivity index (χ1n) is 4.41. The number of carbonyl (C=O) groups excluding carboxylic acids is 1. The van der Waals surface area contributed by atoms with Gasteiger partial charge in [0.25, 0.3) is 0 Å². The Balaban J connectivity index is 2.65. The van der Waals surface area contributed by atoms with Crippen molar-refractivity contribution in [3.63, 3.8) is 0 Å². The average Bonchev–Trinajstić information content (AvgIpc) is 2.12. The summed E-state index contributed by atoms with van der Waals surface area (Å²) in [6, 6.07) is 2.57. The van der Waals surface area contributed by atoms with E-state index in [9.17, 15) is 15.0 Å². The van der Waals surface area contributed by atoms with Crippen molar-refractivity contribution in [1.29, 1.82) is 0 Å². The van der Waals surface area contributed by atoms with Gasteiger partial charge in [0.05, 0.1) is 4.83 Å². The number of benzene rings is 1. The van der Waals surface area contributed by atoms with Gasteiger partial charge in [0.1, 0.15) is 23.2 Å². The number of ether oxygens (including phenoxy) is 1. The minimum absolute atomic E-state index is 0.0717. The monoisotopic (exact) mass is 272 g/mol. The molecule has 1 aliphatic heterocycles. The van der Waals surface area contributed by atoms with Gasteiger partial charge in [-0.25, -0.2) is 4.79 Å². The first-order chi connectivity index (χ1) is 7.00. The van der Waals surface area contributed by atoms with Gasteiger partial charge in [-0.15, -0.1) is 0 Å². The SMILES string of the molecule is C[C@@H]1OC(=O)c2c(O)cc(O)cc2[C@@H]1Br. The van der Waals surface area contributed by atoms with Crippen LogP contribution >= 0.6 is 15.9 Å². The molecule has 1 heterocycles. The number of hydrogen-bond donors (Lipinski definition) is 2. The summed E-state index contributed by atoms with van der Waals surface area (Å²) >= 11 is 3.35. The summed E-state index contributed by atoms with van der Waals surface area (Å²) in [5.41, 5.74) is 0.670. The summed E-state index contributed by atoms with van der Waals surface area (Å²) in [6.45, 7) is 1.74. The van der Waals surface area contributed by atoms with E-state index in [0.717, 1.165) is 6.07 Å². The maximum absolute atomic E-state index is 11.5. The van der Waals surface area contributed by atoms with Crippen LogP contribution < -0.4 is 0 Å². The number of carbonyl (C=O) groups is 1. The van der Waals surface area contributed by atoms with Gasteiger partial charge < -0.3 is 14.9 Å². The van der Waals surface area contributed by atoms with Gasteiger partial charge in [0.15, 0.2) is 0 Å². The summed E-state index contributed by atoms with van der Waals surface area (Å²) < 4.78 is 5.02. The van der Waals surface area contributed by atoms with Crippen LogP contribution in [-0.4, -0.2) is 22.3 Å². The van der Waals surface area contributed by atoms with Crippen molar-refractivity contribution in [2.45, 2.75) is 17.9 Å². The van der Waals surface area contributed by atoms with Crippen molar-refractivity contribution in [3.05, 3.63) is 23.3 Å². The molecule has 0 saturated heterocycles. The Labute approximate surface area is 94.6 Å². The summed E-state index contributed by atoms with van der Waals surface area (Å²) in [7, 11) is 0. The number of phenolic OH excluding ortho intramolecular Hbond substituents is 2. The van der Waals surface area contributed by atoms with Crippen LogP contribution in [0.1, 0.15) is 27.7 Å². The molecule has 0 radical (unpaired) electrons. The van der Waals surface area contributed by atoms with Gasteiger partial charge >= 0.3 is 5.97 Å². The largest absolute Gasteiger partial charge is 0.508 e. The number of hydrogen-bond acceptors (Lipinski definition) is 4. The van der Waals surface area contributed by atoms with E-state index in [1.165, 1.54) is 6.07 Å². The molecule has 0 spiro atoms. The van der Waals surface area contributed by atoms with Crippen molar-refractivity contribution in [3.8, 4) is 11.5 Å². The zero-order chi connectivity index (χ0) is 11.2. The molecule has 2 atom stereocenters. The Morgan fingerprint density at radius 1 is 1.40 bits per heavy atom. The number of halogens is 1. The number of alkyl halides is 1. The molecular weight excluding hydrogens is 264 g/mol. The molecule has 0 aromatic heterocycles. The molecule has 4 nitrogen and oxygen atoms in total. The number of fused-ring (bicyclic) bond motifs is 1. The lowest BCUT2D eigenvalue weighted by atomic mass is 9.98. The van der Waals surface area contributed by atoms with E-state index in [1.807, 2.05) is 0 Å². The fourth-order valence-electron chi connectivity index (χ4n) is 1.61. The molecule has 0 saturated carbocycles. The smallest absolute Gasteiger partial charge is 0.342 e. The summed E-state index contributed by atoms with van der Waals surface area (Å²) in [5, 5.41) is 18.9. The van der Waals surface area contributed by atoms with Crippen LogP contribution in [-0.2, 0) is 4.74 Å². The first-order valence-corrected chi connectivity index (χ1v) is 5.33. The maximum atomic E-state index is 11.5. The molecule has 0 aliphatic carbocycles. The first kappa shape index (κ1) is 10.3. The van der Waals surface area contributed by atoms with Gasteiger partial charge in [-0.2, -0.15) is 0 Å². The highest BCUT2D eigenvalue weighted by molar-refractivity contribution is 9.09. The van der Waals surface area contributed by atoms with Crippen LogP contribution in [0.5, 0.6) is 11.5 Å². The van der Waals surface area contributed by atoms with Crippen molar-refractivity contribution in [2.24, 2.45) is 0 Å². The molecule has 1 aromatic carbocycles. The fourth-order valence-corrected chi connectivity index (χ4v) is 2.08. The van der Waals surface area contributed by atoms with Crippen molar-refractivity contribution >= 4 is 21.9 Å². The predicted octanol–water partition coefficient (Wildman–Crippen LogP) is 2.09. The van der Waals surface area contributed by atoms with Gasteiger partial charge in [0.2, 0.25) is 0 Å². The third-order valence-corrected chi connectivity index (χ3v) is 3.58. The Bertz CT molecular complexity index is 430. The van der Waals surface area contributed by atoms with Crippen LogP contribution in [0.2, 0.25) is 0 Å². The van der Waals surface area contributed by atoms with Crippen molar-refractivity contribution < 1.29 is 19.7 Å². The molecule has 80 valence electrons. The van der Waals surface area contributed by atoms with E-state index in [0.29, 0.717) is 5.56 Å². The number of aromatic hydroxyl groups is 2. The summed E-state index contributed by atoms with van der Waals surface area (Å²) in [4.78, 5) is 11.3. The predicted molar refractivity (Wildman–Crippen MR) is 56.3 cm³/mol. The molecule has 15 heavy (non-hydrogen) atoms. The van der Waals surface area contributed by atoms with E-state index in [1.54, 1.807) is 6.92 Å². The molecule has 5 heteroatoms. The quantitative estimate of drug-likeness (QED) is 0.561. The van der Waals surface area contributed by atoms with Crippen molar-refractivity contribution in [2.75, 3.05) is 0 Å². The molecule has 1 aromatic rings. The third-order valence-electron chi connectivity index (χ3n) is 2.34. The molecular formula is C10H9BrO4. The highest BCUT2D eigenvalue weighted by Gasteiger charge is 2.33. The molecule has 2 rings (SSSR count). The summed E-state index contributed by atoms with van der Waals surface area (Å²) in [5.74, 6) is -0.894. The Hall–Kier alpha value is -1.23. The van der Waals surface area contributed by atoms with Crippen LogP contribution in [0.3, 0.4) is 0 Å². The second kappa shape index (κ2) is 3.41. The van der Waals surface area contributed by atoms with Gasteiger partial charge in [-0.05, 0) is 18.6 Å². The van der Waals surface area contributed by atoms with E-state index in [2.05, 4.69) is 15.9 Å². The standard InChI is InChI=1S/C10H9BrO4/c1-4-9(11)6-2-5(12)3-7(13)8(6)10(14)15-4/h2-4,9,12-13H,1H3/t4-,9+/m0/s1. The Kier molecular flexibility index (Phi) is 2.34. The minimum atomic E-state index is -0.564. The Morgan fingerprint density at radius 2 is 2.07 bits per heavy atom. The Morgan fingerprint density at radius 3 is 2.73 bits per heavy atom. The minimum Gasteiger partial charge on any atom is -0.508 e. The number of cyclic esters (lactones) is 1. The second-order valence-corrected chi connectivity index (χ2v) is 4.43. The van der Waals surface area contributed by atoms with Crippen LogP contribution in [0.25, 0.3) is 0 Å². The van der Waals surface area contributed by atoms with E-state index in [4.69, 9.17) is 4.74 Å². The zero-order valence-electron chi connectivity index (χ0n) is 7.90. The van der Waals surface area contributed by atoms with Gasteiger partial charge in [0, 0.05) is 6.07 Å². The zero-order valence-corrected chi connectivity index (χ0v) is 9.48. The molecule has 0 amide bonds. The number of phenols is 2. The van der Waals surface area contributed by atoms with Crippen LogP contribution in [0.15, 0.2) is 12.1 Å². The second-order valence-electron chi connectivity index (χ2n) is 3.44. The average molecular weight is 273 g/mol. The lowest BCUT2D eigenvalue weighted by Crippen LogP contribution is -2.27. The molecule has 0 unspecified atom stereocenters. The van der Waals surface area contributed by atoms with Gasteiger partial charge in [-0.1, -0.05) is 15.9 Å². The van der Waals surface area contributed by atoms with Crippen LogP contribution in [0, 0.1) is 0 Å². The lowest BCUT2D eigenvalue weighted by molar-refractivity contribution is 0.0294. The topological polar surface area (TPSA) is 66.8 Å². The number of esters is 1. The lowest BCUT2D eigenvalue weighted by Gasteiger charge is -2.27. The normalized spacial score (nSPS) is 24.5. The van der Waals surface area contributed by atoms with Crippen LogP contribution in [0.4, 0.5) is 0 Å². The van der Waals surface area contributed by atoms with Gasteiger partial charge in [-0.3, -0.25) is 0 Å². The molecule has 0 fully saturated rings. The molecule has 0 bridgehead atoms. The van der Waals surface area contributed by atoms with E-state index < -0.39 is 5.97 Å². The maximum Gasteiger partial charge on any atom is 0.342 e. The highest BCUT2D eigenvalue weighted by atomic mass is 79.9. The highest BCUT2D eigenvalue weighted by Crippen LogP contribution is 2.41.